The van der Waals surface area contributed by atoms with E-state index < -0.39 is 5.91 Å². The van der Waals surface area contributed by atoms with Crippen LogP contribution in [0, 0.1) is 13.8 Å². The lowest BCUT2D eigenvalue weighted by atomic mass is 10.1. The van der Waals surface area contributed by atoms with Crippen molar-refractivity contribution in [3.8, 4) is 0 Å². The number of hydrogen-bond donors (Lipinski definition) is 3. The fraction of sp³-hybridized carbons (Fsp3) is 0.176. The SMILES string of the molecule is Cc1ccc(NCC(=O)NNC(=O)c2cc(Cl)cc(Cl)c2)c(C)c1. The number of hydrogen-bond acceptors (Lipinski definition) is 3. The molecule has 3 N–H and O–H groups in total. The van der Waals surface area contributed by atoms with E-state index >= 15 is 0 Å². The van der Waals surface area contributed by atoms with Gasteiger partial charge in [0.05, 0.1) is 6.54 Å². The molecule has 7 heteroatoms. The number of anilines is 1. The van der Waals surface area contributed by atoms with Crippen LogP contribution in [0.4, 0.5) is 5.69 Å². The topological polar surface area (TPSA) is 70.2 Å². The van der Waals surface area contributed by atoms with Crippen LogP contribution in [-0.4, -0.2) is 18.4 Å². The van der Waals surface area contributed by atoms with Gasteiger partial charge in [0.2, 0.25) is 0 Å². The summed E-state index contributed by atoms with van der Waals surface area (Å²) in [6, 6.07) is 10.3. The highest BCUT2D eigenvalue weighted by molar-refractivity contribution is 6.35. The minimum atomic E-state index is -0.501. The van der Waals surface area contributed by atoms with Crippen LogP contribution < -0.4 is 16.2 Å². The van der Waals surface area contributed by atoms with E-state index in [-0.39, 0.29) is 18.0 Å². The fourth-order valence-electron chi connectivity index (χ4n) is 2.12. The van der Waals surface area contributed by atoms with Gasteiger partial charge in [-0.15, -0.1) is 0 Å². The summed E-state index contributed by atoms with van der Waals surface area (Å²) in [7, 11) is 0. The van der Waals surface area contributed by atoms with E-state index in [0.717, 1.165) is 16.8 Å². The zero-order valence-electron chi connectivity index (χ0n) is 13.2. The lowest BCUT2D eigenvalue weighted by Gasteiger charge is -2.11. The Morgan fingerprint density at radius 2 is 1.62 bits per heavy atom. The van der Waals surface area contributed by atoms with Crippen LogP contribution in [0.5, 0.6) is 0 Å². The van der Waals surface area contributed by atoms with Crippen LogP contribution in [0.15, 0.2) is 36.4 Å². The van der Waals surface area contributed by atoms with Crippen molar-refractivity contribution in [1.82, 2.24) is 10.9 Å². The number of hydrazine groups is 1. The summed E-state index contributed by atoms with van der Waals surface area (Å²) in [6.45, 7) is 3.99. The molecule has 0 saturated carbocycles. The summed E-state index contributed by atoms with van der Waals surface area (Å²) < 4.78 is 0. The number of aryl methyl sites for hydroxylation is 2. The average Bonchev–Trinajstić information content (AvgIpc) is 2.50. The van der Waals surface area contributed by atoms with Crippen molar-refractivity contribution in [2.45, 2.75) is 13.8 Å². The summed E-state index contributed by atoms with van der Waals surface area (Å²) in [5, 5.41) is 3.70. The smallest absolute Gasteiger partial charge is 0.269 e. The first kappa shape index (κ1) is 18.1. The lowest BCUT2D eigenvalue weighted by Crippen LogP contribution is -2.44. The summed E-state index contributed by atoms with van der Waals surface area (Å²) in [4.78, 5) is 23.8. The summed E-state index contributed by atoms with van der Waals surface area (Å²) in [6.07, 6.45) is 0. The van der Waals surface area contributed by atoms with Crippen LogP contribution in [-0.2, 0) is 4.79 Å². The minimum Gasteiger partial charge on any atom is -0.376 e. The van der Waals surface area contributed by atoms with Crippen molar-refractivity contribution < 1.29 is 9.59 Å². The third kappa shape index (κ3) is 5.15. The van der Waals surface area contributed by atoms with Gasteiger partial charge in [0.15, 0.2) is 0 Å². The maximum atomic E-state index is 12.0. The molecule has 0 atom stereocenters. The Balaban J connectivity index is 1.85. The molecule has 2 aromatic rings. The molecule has 2 amide bonds. The number of amides is 2. The van der Waals surface area contributed by atoms with Crippen molar-refractivity contribution in [1.29, 1.82) is 0 Å². The monoisotopic (exact) mass is 365 g/mol. The molecular weight excluding hydrogens is 349 g/mol. The number of rotatable bonds is 4. The van der Waals surface area contributed by atoms with E-state index in [4.69, 9.17) is 23.2 Å². The van der Waals surface area contributed by atoms with Gasteiger partial charge in [0, 0.05) is 21.3 Å². The predicted molar refractivity (Wildman–Crippen MR) is 96.5 cm³/mol. The van der Waals surface area contributed by atoms with Gasteiger partial charge in [-0.05, 0) is 43.7 Å². The third-order valence-corrected chi connectivity index (χ3v) is 3.70. The molecule has 0 radical (unpaired) electrons. The molecular formula is C17H17Cl2N3O2. The highest BCUT2D eigenvalue weighted by atomic mass is 35.5. The van der Waals surface area contributed by atoms with E-state index in [9.17, 15) is 9.59 Å². The average molecular weight is 366 g/mol. The van der Waals surface area contributed by atoms with Gasteiger partial charge in [-0.1, -0.05) is 40.9 Å². The molecule has 0 fully saturated rings. The Morgan fingerprint density at radius 1 is 0.958 bits per heavy atom. The number of carbonyl (C=O) groups is 2. The van der Waals surface area contributed by atoms with E-state index in [1.165, 1.54) is 18.2 Å². The van der Waals surface area contributed by atoms with Crippen LogP contribution >= 0.6 is 23.2 Å². The number of nitrogens with one attached hydrogen (secondary N) is 3. The molecule has 0 spiro atoms. The Hall–Kier alpha value is -2.24. The van der Waals surface area contributed by atoms with E-state index in [1.807, 2.05) is 32.0 Å². The second-order valence-electron chi connectivity index (χ2n) is 5.33. The zero-order chi connectivity index (χ0) is 17.7. The highest BCUT2D eigenvalue weighted by Crippen LogP contribution is 2.19. The fourth-order valence-corrected chi connectivity index (χ4v) is 2.64. The first-order valence-corrected chi connectivity index (χ1v) is 7.97. The second-order valence-corrected chi connectivity index (χ2v) is 6.21. The lowest BCUT2D eigenvalue weighted by molar-refractivity contribution is -0.120. The normalized spacial score (nSPS) is 10.2. The molecule has 24 heavy (non-hydrogen) atoms. The molecule has 2 aromatic carbocycles. The molecule has 0 aliphatic rings. The zero-order valence-corrected chi connectivity index (χ0v) is 14.8. The third-order valence-electron chi connectivity index (χ3n) is 3.26. The molecule has 0 aliphatic heterocycles. The summed E-state index contributed by atoms with van der Waals surface area (Å²) >= 11 is 11.7. The molecule has 0 bridgehead atoms. The van der Waals surface area contributed by atoms with Gasteiger partial charge in [-0.2, -0.15) is 0 Å². The molecule has 5 nitrogen and oxygen atoms in total. The minimum absolute atomic E-state index is 0.0283. The van der Waals surface area contributed by atoms with Crippen LogP contribution in [0.25, 0.3) is 0 Å². The van der Waals surface area contributed by atoms with Crippen LogP contribution in [0.1, 0.15) is 21.5 Å². The van der Waals surface area contributed by atoms with Gasteiger partial charge in [0.25, 0.3) is 11.8 Å². The van der Waals surface area contributed by atoms with Crippen molar-refractivity contribution in [2.75, 3.05) is 11.9 Å². The number of carbonyl (C=O) groups excluding carboxylic acids is 2. The summed E-state index contributed by atoms with van der Waals surface area (Å²) in [5.74, 6) is -0.879. The Bertz CT molecular complexity index is 758. The van der Waals surface area contributed by atoms with Crippen molar-refractivity contribution in [3.05, 3.63) is 63.1 Å². The maximum absolute atomic E-state index is 12.0. The second kappa shape index (κ2) is 8.04. The molecule has 0 heterocycles. The van der Waals surface area contributed by atoms with Crippen LogP contribution in [0.3, 0.4) is 0 Å². The highest BCUT2D eigenvalue weighted by Gasteiger charge is 2.09. The van der Waals surface area contributed by atoms with Crippen molar-refractivity contribution >= 4 is 40.7 Å². The van der Waals surface area contributed by atoms with E-state index in [0.29, 0.717) is 10.0 Å². The molecule has 126 valence electrons. The van der Waals surface area contributed by atoms with E-state index in [1.54, 1.807) is 0 Å². The Morgan fingerprint density at radius 3 is 2.25 bits per heavy atom. The number of benzene rings is 2. The number of halogens is 2. The van der Waals surface area contributed by atoms with Crippen molar-refractivity contribution in [2.24, 2.45) is 0 Å². The standard InChI is InChI=1S/C17H17Cl2N3O2/c1-10-3-4-15(11(2)5-10)20-9-16(23)21-22-17(24)12-6-13(18)8-14(19)7-12/h3-8,20H,9H2,1-2H3,(H,21,23)(H,22,24). The van der Waals surface area contributed by atoms with Gasteiger partial charge < -0.3 is 5.32 Å². The molecule has 2 rings (SSSR count). The summed E-state index contributed by atoms with van der Waals surface area (Å²) in [5.41, 5.74) is 7.97. The molecule has 0 aromatic heterocycles. The maximum Gasteiger partial charge on any atom is 0.269 e. The first-order valence-electron chi connectivity index (χ1n) is 7.21. The first-order chi connectivity index (χ1) is 11.3. The molecule has 0 aliphatic carbocycles. The Labute approximate surface area is 150 Å². The predicted octanol–water partition coefficient (Wildman–Crippen LogP) is 3.48. The van der Waals surface area contributed by atoms with Gasteiger partial charge in [-0.25, -0.2) is 0 Å². The van der Waals surface area contributed by atoms with Crippen molar-refractivity contribution in [3.63, 3.8) is 0 Å². The van der Waals surface area contributed by atoms with Gasteiger partial charge >= 0.3 is 0 Å². The Kier molecular flexibility index (Phi) is 6.06. The van der Waals surface area contributed by atoms with Gasteiger partial charge in [-0.3, -0.25) is 20.4 Å². The van der Waals surface area contributed by atoms with Gasteiger partial charge in [0.1, 0.15) is 0 Å². The largest absolute Gasteiger partial charge is 0.376 e. The molecule has 0 saturated heterocycles. The van der Waals surface area contributed by atoms with E-state index in [2.05, 4.69) is 16.2 Å². The van der Waals surface area contributed by atoms with Crippen LogP contribution in [0.2, 0.25) is 10.0 Å². The quantitative estimate of drug-likeness (QED) is 0.726. The molecule has 0 unspecified atom stereocenters.